The lowest BCUT2D eigenvalue weighted by Gasteiger charge is -2.31. The van der Waals surface area contributed by atoms with E-state index >= 15 is 0 Å². The zero-order valence-corrected chi connectivity index (χ0v) is 33.1. The van der Waals surface area contributed by atoms with Crippen LogP contribution in [-0.4, -0.2) is 0 Å². The molecular weight excluding hydrogens is 703 g/mol. The summed E-state index contributed by atoms with van der Waals surface area (Å²) in [5.74, 6) is 0. The molecule has 2 aliphatic rings. The number of benzene rings is 9. The van der Waals surface area contributed by atoms with Crippen LogP contribution in [-0.2, 0) is 10.8 Å². The van der Waals surface area contributed by atoms with Crippen molar-refractivity contribution in [3.63, 3.8) is 0 Å². The van der Waals surface area contributed by atoms with Crippen LogP contribution in [0.4, 0.5) is 17.1 Å². The Morgan fingerprint density at radius 2 is 0.897 bits per heavy atom. The number of para-hydroxylation sites is 1. The topological polar surface area (TPSA) is 16.4 Å². The highest BCUT2D eigenvalue weighted by Crippen LogP contribution is 2.55. The number of rotatable bonds is 4. The third-order valence-corrected chi connectivity index (χ3v) is 13.5. The van der Waals surface area contributed by atoms with Crippen LogP contribution in [0.2, 0.25) is 0 Å². The molecule has 0 aliphatic heterocycles. The summed E-state index contributed by atoms with van der Waals surface area (Å²) in [6.07, 6.45) is 0. The second-order valence-electron chi connectivity index (χ2n) is 17.3. The van der Waals surface area contributed by atoms with Gasteiger partial charge in [-0.05, 0) is 120 Å². The molecule has 0 bridgehead atoms. The monoisotopic (exact) mass is 743 g/mol. The van der Waals surface area contributed by atoms with Crippen molar-refractivity contribution in [1.29, 1.82) is 0 Å². The lowest BCUT2D eigenvalue weighted by Crippen LogP contribution is -2.18. The summed E-state index contributed by atoms with van der Waals surface area (Å²) in [6, 6.07) is 65.2. The number of hydrogen-bond donors (Lipinski definition) is 0. The number of anilines is 3. The number of furan rings is 1. The summed E-state index contributed by atoms with van der Waals surface area (Å²) in [7, 11) is 0. The standard InChI is InChI=1S/C56H41NO/c1-55(2)46-22-12-9-19-40(46)42-27-25-35(32-48(42)55)57(36-26-28-43-41-20-10-13-23-47(41)56(3,4)49(43)33-36)50-29-30-52-54(44-21-11-14-24-51(44)58-52)53(50)45-31-34-15-5-6-16-37(34)38-17-7-8-18-39(38)45/h5-33H,1-4H3. The maximum absolute atomic E-state index is 6.69. The van der Waals surface area contributed by atoms with Gasteiger partial charge in [-0.2, -0.15) is 0 Å². The summed E-state index contributed by atoms with van der Waals surface area (Å²) >= 11 is 0. The molecule has 10 aromatic rings. The van der Waals surface area contributed by atoms with Gasteiger partial charge in [0, 0.05) is 38.5 Å². The van der Waals surface area contributed by atoms with E-state index in [4.69, 9.17) is 4.42 Å². The minimum Gasteiger partial charge on any atom is -0.456 e. The van der Waals surface area contributed by atoms with Crippen LogP contribution < -0.4 is 4.90 Å². The number of hydrogen-bond acceptors (Lipinski definition) is 2. The molecule has 0 saturated heterocycles. The fourth-order valence-corrected chi connectivity index (χ4v) is 10.6. The number of fused-ring (bicyclic) bond motifs is 12. The van der Waals surface area contributed by atoms with Gasteiger partial charge in [-0.25, -0.2) is 0 Å². The Hall–Kier alpha value is -6.90. The van der Waals surface area contributed by atoms with Crippen molar-refractivity contribution in [2.75, 3.05) is 4.90 Å². The third-order valence-electron chi connectivity index (χ3n) is 13.5. The minimum absolute atomic E-state index is 0.155. The van der Waals surface area contributed by atoms with E-state index in [2.05, 4.69) is 209 Å². The quantitative estimate of drug-likeness (QED) is 0.167. The normalized spacial score (nSPS) is 14.5. The molecule has 0 fully saturated rings. The smallest absolute Gasteiger partial charge is 0.136 e. The first-order valence-electron chi connectivity index (χ1n) is 20.4. The molecular formula is C56H41NO. The van der Waals surface area contributed by atoms with E-state index < -0.39 is 0 Å². The van der Waals surface area contributed by atoms with Gasteiger partial charge in [0.25, 0.3) is 0 Å². The Balaban J connectivity index is 1.21. The van der Waals surface area contributed by atoms with Crippen LogP contribution in [0.5, 0.6) is 0 Å². The van der Waals surface area contributed by atoms with E-state index in [1.54, 1.807) is 0 Å². The fraction of sp³-hybridized carbons (Fsp3) is 0.107. The molecule has 2 heteroatoms. The lowest BCUT2D eigenvalue weighted by atomic mass is 9.82. The second-order valence-corrected chi connectivity index (χ2v) is 17.3. The first-order valence-corrected chi connectivity index (χ1v) is 20.4. The first kappa shape index (κ1) is 33.3. The van der Waals surface area contributed by atoms with Crippen LogP contribution in [0.3, 0.4) is 0 Å². The molecule has 1 aromatic heterocycles. The summed E-state index contributed by atoms with van der Waals surface area (Å²) in [5, 5.41) is 7.17. The Labute approximate surface area is 338 Å². The van der Waals surface area contributed by atoms with Gasteiger partial charge in [-0.1, -0.05) is 155 Å². The third kappa shape index (κ3) is 4.49. The molecule has 0 spiro atoms. The van der Waals surface area contributed by atoms with Crippen LogP contribution in [0, 0.1) is 0 Å². The predicted molar refractivity (Wildman–Crippen MR) is 244 cm³/mol. The van der Waals surface area contributed by atoms with Crippen LogP contribution in [0.15, 0.2) is 180 Å². The molecule has 12 rings (SSSR count). The van der Waals surface area contributed by atoms with Crippen LogP contribution in [0.25, 0.3) is 76.9 Å². The summed E-state index contributed by atoms with van der Waals surface area (Å²) in [5.41, 5.74) is 17.9. The molecule has 276 valence electrons. The highest BCUT2D eigenvalue weighted by molar-refractivity contribution is 6.22. The average molecular weight is 744 g/mol. The molecule has 58 heavy (non-hydrogen) atoms. The van der Waals surface area contributed by atoms with Gasteiger partial charge in [0.1, 0.15) is 11.2 Å². The van der Waals surface area contributed by atoms with E-state index in [0.717, 1.165) is 44.6 Å². The minimum atomic E-state index is -0.155. The highest BCUT2D eigenvalue weighted by Gasteiger charge is 2.38. The molecule has 0 unspecified atom stereocenters. The fourth-order valence-electron chi connectivity index (χ4n) is 10.6. The average Bonchev–Trinajstić information content (AvgIpc) is 3.83. The highest BCUT2D eigenvalue weighted by atomic mass is 16.3. The van der Waals surface area contributed by atoms with E-state index in [9.17, 15) is 0 Å². The second kappa shape index (κ2) is 11.8. The lowest BCUT2D eigenvalue weighted by molar-refractivity contribution is 0.660. The zero-order valence-electron chi connectivity index (χ0n) is 33.1. The molecule has 0 radical (unpaired) electrons. The summed E-state index contributed by atoms with van der Waals surface area (Å²) in [6.45, 7) is 9.49. The van der Waals surface area contributed by atoms with Gasteiger partial charge < -0.3 is 9.32 Å². The molecule has 0 N–H and O–H groups in total. The van der Waals surface area contributed by atoms with Crippen molar-refractivity contribution in [2.24, 2.45) is 0 Å². The van der Waals surface area contributed by atoms with Crippen molar-refractivity contribution in [3.05, 3.63) is 198 Å². The van der Waals surface area contributed by atoms with E-state index in [-0.39, 0.29) is 10.8 Å². The first-order chi connectivity index (χ1) is 28.3. The van der Waals surface area contributed by atoms with Gasteiger partial charge >= 0.3 is 0 Å². The molecule has 1 heterocycles. The van der Waals surface area contributed by atoms with Gasteiger partial charge in [-0.3, -0.25) is 0 Å². The zero-order chi connectivity index (χ0) is 38.9. The summed E-state index contributed by atoms with van der Waals surface area (Å²) in [4.78, 5) is 2.53. The van der Waals surface area contributed by atoms with Gasteiger partial charge in [-0.15, -0.1) is 0 Å². The van der Waals surface area contributed by atoms with Crippen LogP contribution in [0.1, 0.15) is 49.9 Å². The Morgan fingerprint density at radius 3 is 1.55 bits per heavy atom. The Kier molecular flexibility index (Phi) is 6.78. The number of nitrogens with zero attached hydrogens (tertiary/aromatic N) is 1. The van der Waals surface area contributed by atoms with Crippen molar-refractivity contribution in [3.8, 4) is 33.4 Å². The molecule has 2 aliphatic carbocycles. The molecule has 0 amide bonds. The van der Waals surface area contributed by atoms with E-state index in [1.165, 1.54) is 71.6 Å². The maximum atomic E-state index is 6.69. The van der Waals surface area contributed by atoms with Crippen LogP contribution >= 0.6 is 0 Å². The SMILES string of the molecule is CC1(C)c2ccccc2-c2ccc(N(c3ccc4c(c3)C(C)(C)c3ccccc3-4)c3ccc4oc5ccccc5c4c3-c3cc4ccccc4c4ccccc34)cc21. The molecule has 9 aromatic carbocycles. The summed E-state index contributed by atoms with van der Waals surface area (Å²) < 4.78 is 6.69. The van der Waals surface area contributed by atoms with E-state index in [0.29, 0.717) is 0 Å². The van der Waals surface area contributed by atoms with Gasteiger partial charge in [0.15, 0.2) is 0 Å². The van der Waals surface area contributed by atoms with Crippen molar-refractivity contribution in [1.82, 2.24) is 0 Å². The molecule has 0 saturated carbocycles. The van der Waals surface area contributed by atoms with Crippen molar-refractivity contribution < 1.29 is 4.42 Å². The Bertz CT molecular complexity index is 3250. The maximum Gasteiger partial charge on any atom is 0.136 e. The van der Waals surface area contributed by atoms with E-state index in [1.807, 2.05) is 0 Å². The van der Waals surface area contributed by atoms with Crippen molar-refractivity contribution >= 4 is 60.5 Å². The molecule has 2 nitrogen and oxygen atoms in total. The van der Waals surface area contributed by atoms with Gasteiger partial charge in [0.2, 0.25) is 0 Å². The Morgan fingerprint density at radius 1 is 0.379 bits per heavy atom. The van der Waals surface area contributed by atoms with Gasteiger partial charge in [0.05, 0.1) is 5.69 Å². The molecule has 0 atom stereocenters. The predicted octanol–water partition coefficient (Wildman–Crippen LogP) is 15.6. The largest absolute Gasteiger partial charge is 0.456 e. The van der Waals surface area contributed by atoms with Crippen molar-refractivity contribution in [2.45, 2.75) is 38.5 Å².